The van der Waals surface area contributed by atoms with E-state index in [9.17, 15) is 8.42 Å². The van der Waals surface area contributed by atoms with Crippen LogP contribution in [0.15, 0.2) is 0 Å². The fourth-order valence-electron chi connectivity index (χ4n) is 1.34. The molecule has 4 nitrogen and oxygen atoms in total. The summed E-state index contributed by atoms with van der Waals surface area (Å²) >= 11 is 0. The highest BCUT2D eigenvalue weighted by atomic mass is 32.2. The largest absolute Gasteiger partial charge is 0.280 e. The van der Waals surface area contributed by atoms with Gasteiger partial charge in [0.25, 0.3) is 10.2 Å². The summed E-state index contributed by atoms with van der Waals surface area (Å²) in [5.41, 5.74) is -0.818. The maximum atomic E-state index is 11.7. The van der Waals surface area contributed by atoms with Gasteiger partial charge in [-0.05, 0) is 26.7 Å². The van der Waals surface area contributed by atoms with Gasteiger partial charge in [-0.1, -0.05) is 5.92 Å². The normalized spacial score (nSPS) is 19.5. The molecular formula is C9H16N2O2S. The first-order valence-corrected chi connectivity index (χ1v) is 6.08. The minimum Gasteiger partial charge on any atom is -0.195 e. The summed E-state index contributed by atoms with van der Waals surface area (Å²) in [5, 5.41) is 0. The van der Waals surface area contributed by atoms with Crippen LogP contribution in [-0.2, 0) is 10.2 Å². The summed E-state index contributed by atoms with van der Waals surface area (Å²) in [6, 6.07) is 0. The molecule has 1 fully saturated rings. The summed E-state index contributed by atoms with van der Waals surface area (Å²) in [6.45, 7) is 4.52. The van der Waals surface area contributed by atoms with Crippen LogP contribution in [-0.4, -0.2) is 31.4 Å². The number of nitrogens with zero attached hydrogens (tertiary/aromatic N) is 1. The molecule has 14 heavy (non-hydrogen) atoms. The van der Waals surface area contributed by atoms with Crippen molar-refractivity contribution < 1.29 is 8.42 Å². The SMILES string of the molecule is C#CC(C)(C)NS(=O)(=O)N1CCCC1. The van der Waals surface area contributed by atoms with Crippen LogP contribution in [0.5, 0.6) is 0 Å². The molecular weight excluding hydrogens is 200 g/mol. The maximum Gasteiger partial charge on any atom is 0.280 e. The number of hydrogen-bond acceptors (Lipinski definition) is 2. The topological polar surface area (TPSA) is 49.4 Å². The molecule has 0 bridgehead atoms. The molecule has 0 aromatic heterocycles. The Morgan fingerprint density at radius 2 is 1.86 bits per heavy atom. The van der Waals surface area contributed by atoms with E-state index < -0.39 is 15.7 Å². The quantitative estimate of drug-likeness (QED) is 0.691. The van der Waals surface area contributed by atoms with Gasteiger partial charge < -0.3 is 0 Å². The van der Waals surface area contributed by atoms with E-state index in [1.807, 2.05) is 0 Å². The lowest BCUT2D eigenvalue weighted by molar-refractivity contribution is 0.445. The minimum absolute atomic E-state index is 0.593. The highest BCUT2D eigenvalue weighted by molar-refractivity contribution is 7.87. The van der Waals surface area contributed by atoms with Crippen molar-refractivity contribution >= 4 is 10.2 Å². The van der Waals surface area contributed by atoms with Gasteiger partial charge in [-0.3, -0.25) is 0 Å². The standard InChI is InChI=1S/C9H16N2O2S/c1-4-9(2,3)10-14(12,13)11-7-5-6-8-11/h1,10H,5-8H2,2-3H3. The van der Waals surface area contributed by atoms with Crippen molar-refractivity contribution in [3.8, 4) is 12.3 Å². The van der Waals surface area contributed by atoms with E-state index in [2.05, 4.69) is 10.6 Å². The predicted octanol–water partition coefficient (Wildman–Crippen LogP) is 0.328. The van der Waals surface area contributed by atoms with E-state index in [-0.39, 0.29) is 0 Å². The first kappa shape index (κ1) is 11.5. The molecule has 0 aliphatic carbocycles. The number of terminal acetylenes is 1. The fourth-order valence-corrected chi connectivity index (χ4v) is 2.92. The van der Waals surface area contributed by atoms with Gasteiger partial charge in [0.1, 0.15) is 0 Å². The first-order chi connectivity index (χ1) is 6.37. The number of nitrogens with one attached hydrogen (secondary N) is 1. The van der Waals surface area contributed by atoms with E-state index in [1.54, 1.807) is 13.8 Å². The summed E-state index contributed by atoms with van der Waals surface area (Å²) in [6.07, 6.45) is 7.07. The third-order valence-electron chi connectivity index (χ3n) is 2.15. The van der Waals surface area contributed by atoms with Gasteiger partial charge in [0.05, 0.1) is 5.54 Å². The van der Waals surface area contributed by atoms with Crippen LogP contribution >= 0.6 is 0 Å². The van der Waals surface area contributed by atoms with Crippen LogP contribution in [0.2, 0.25) is 0 Å². The van der Waals surface area contributed by atoms with E-state index in [4.69, 9.17) is 6.42 Å². The van der Waals surface area contributed by atoms with Crippen molar-refractivity contribution in [1.82, 2.24) is 9.03 Å². The molecule has 5 heteroatoms. The molecule has 1 aliphatic heterocycles. The molecule has 0 amide bonds. The summed E-state index contributed by atoms with van der Waals surface area (Å²) in [4.78, 5) is 0. The molecule has 0 aromatic rings. The molecule has 0 radical (unpaired) electrons. The van der Waals surface area contributed by atoms with Crippen molar-refractivity contribution in [1.29, 1.82) is 0 Å². The van der Waals surface area contributed by atoms with Gasteiger partial charge >= 0.3 is 0 Å². The van der Waals surface area contributed by atoms with Gasteiger partial charge in [-0.15, -0.1) is 6.42 Å². The maximum absolute atomic E-state index is 11.7. The van der Waals surface area contributed by atoms with E-state index >= 15 is 0 Å². The smallest absolute Gasteiger partial charge is 0.195 e. The van der Waals surface area contributed by atoms with E-state index in [0.29, 0.717) is 13.1 Å². The number of hydrogen-bond donors (Lipinski definition) is 1. The third kappa shape index (κ3) is 2.71. The van der Waals surface area contributed by atoms with Gasteiger partial charge in [0.2, 0.25) is 0 Å². The Hall–Kier alpha value is -0.570. The lowest BCUT2D eigenvalue weighted by atomic mass is 10.1. The Balaban J connectivity index is 2.72. The Bertz CT molecular complexity index is 334. The highest BCUT2D eigenvalue weighted by Crippen LogP contribution is 2.13. The fraction of sp³-hybridized carbons (Fsp3) is 0.778. The lowest BCUT2D eigenvalue weighted by Gasteiger charge is -2.23. The Kier molecular flexibility index (Phi) is 3.20. The average Bonchev–Trinajstić information content (AvgIpc) is 2.54. The van der Waals surface area contributed by atoms with Crippen molar-refractivity contribution in [2.75, 3.05) is 13.1 Å². The van der Waals surface area contributed by atoms with Crippen molar-refractivity contribution in [2.24, 2.45) is 0 Å². The highest BCUT2D eigenvalue weighted by Gasteiger charge is 2.30. The first-order valence-electron chi connectivity index (χ1n) is 4.64. The Labute approximate surface area is 85.9 Å². The predicted molar refractivity (Wildman–Crippen MR) is 55.8 cm³/mol. The second-order valence-electron chi connectivity index (χ2n) is 3.98. The molecule has 1 aliphatic rings. The summed E-state index contributed by atoms with van der Waals surface area (Å²) in [5.74, 6) is 2.40. The Morgan fingerprint density at radius 3 is 2.29 bits per heavy atom. The lowest BCUT2D eigenvalue weighted by Crippen LogP contribution is -2.48. The third-order valence-corrected chi connectivity index (χ3v) is 3.96. The van der Waals surface area contributed by atoms with Crippen molar-refractivity contribution in [3.63, 3.8) is 0 Å². The van der Waals surface area contributed by atoms with E-state index in [0.717, 1.165) is 12.8 Å². The zero-order chi connectivity index (χ0) is 10.8. The molecule has 0 spiro atoms. The molecule has 0 saturated carbocycles. The van der Waals surface area contributed by atoms with Crippen LogP contribution in [0.4, 0.5) is 0 Å². The monoisotopic (exact) mass is 216 g/mol. The van der Waals surface area contributed by atoms with Crippen molar-refractivity contribution in [3.05, 3.63) is 0 Å². The molecule has 1 saturated heterocycles. The zero-order valence-corrected chi connectivity index (χ0v) is 9.39. The van der Waals surface area contributed by atoms with Crippen LogP contribution in [0.25, 0.3) is 0 Å². The van der Waals surface area contributed by atoms with Crippen LogP contribution in [0.1, 0.15) is 26.7 Å². The molecule has 0 unspecified atom stereocenters. The van der Waals surface area contributed by atoms with Crippen LogP contribution < -0.4 is 4.72 Å². The second-order valence-corrected chi connectivity index (χ2v) is 5.65. The number of rotatable bonds is 3. The van der Waals surface area contributed by atoms with Gasteiger partial charge in [-0.2, -0.15) is 17.4 Å². The summed E-state index contributed by atoms with van der Waals surface area (Å²) in [7, 11) is -3.39. The molecule has 1 N–H and O–H groups in total. The average molecular weight is 216 g/mol. The second kappa shape index (κ2) is 3.89. The van der Waals surface area contributed by atoms with Gasteiger partial charge in [0, 0.05) is 13.1 Å². The van der Waals surface area contributed by atoms with Gasteiger partial charge in [0.15, 0.2) is 0 Å². The minimum atomic E-state index is -3.39. The van der Waals surface area contributed by atoms with Crippen LogP contribution in [0.3, 0.4) is 0 Å². The van der Waals surface area contributed by atoms with E-state index in [1.165, 1.54) is 4.31 Å². The molecule has 1 heterocycles. The molecule has 1 rings (SSSR count). The summed E-state index contributed by atoms with van der Waals surface area (Å²) < 4.78 is 27.4. The zero-order valence-electron chi connectivity index (χ0n) is 8.58. The van der Waals surface area contributed by atoms with Crippen molar-refractivity contribution in [2.45, 2.75) is 32.2 Å². The molecule has 80 valence electrons. The Morgan fingerprint density at radius 1 is 1.36 bits per heavy atom. The molecule has 0 aromatic carbocycles. The van der Waals surface area contributed by atoms with Crippen LogP contribution in [0, 0.1) is 12.3 Å². The molecule has 0 atom stereocenters. The van der Waals surface area contributed by atoms with Gasteiger partial charge in [-0.25, -0.2) is 0 Å².